The number of hydrogen-bond acceptors (Lipinski definition) is 4. The second-order valence-electron chi connectivity index (χ2n) is 5.03. The van der Waals surface area contributed by atoms with Gasteiger partial charge in [-0.05, 0) is 18.2 Å². The van der Waals surface area contributed by atoms with E-state index in [9.17, 15) is 4.39 Å². The third-order valence-corrected chi connectivity index (χ3v) is 3.82. The van der Waals surface area contributed by atoms with E-state index in [1.54, 1.807) is 24.9 Å². The molecule has 5 heteroatoms. The van der Waals surface area contributed by atoms with Gasteiger partial charge in [0.25, 0.3) is 0 Å². The maximum Gasteiger partial charge on any atom is 0.123 e. The second kappa shape index (κ2) is 6.41. The number of nitrogens with one attached hydrogen (secondary N) is 1. The minimum atomic E-state index is -0.285. The molecule has 1 rings (SSSR count). The zero-order chi connectivity index (χ0) is 13.8. The van der Waals surface area contributed by atoms with Crippen molar-refractivity contribution in [2.45, 2.75) is 31.6 Å². The Morgan fingerprint density at radius 1 is 1.44 bits per heavy atom. The highest BCUT2D eigenvalue weighted by atomic mass is 32.2. The lowest BCUT2D eigenvalue weighted by Gasteiger charge is -2.24. The molecule has 3 N–H and O–H groups in total. The van der Waals surface area contributed by atoms with Gasteiger partial charge in [-0.2, -0.15) is 11.8 Å². The van der Waals surface area contributed by atoms with Crippen molar-refractivity contribution in [3.63, 3.8) is 0 Å². The van der Waals surface area contributed by atoms with E-state index in [2.05, 4.69) is 26.2 Å². The van der Waals surface area contributed by atoms with Crippen LogP contribution in [0.1, 0.15) is 32.4 Å². The highest BCUT2D eigenvalue weighted by Gasteiger charge is 2.19. The molecule has 0 amide bonds. The standard InChI is InChI=1S/C13H21FN2OS/c1-13(2,3)18-8-11(16-15)10-7-9(14)5-6-12(10)17-4/h5-7,11,16H,8,15H2,1-4H3. The molecule has 0 saturated carbocycles. The van der Waals surface area contributed by atoms with E-state index in [1.165, 1.54) is 12.1 Å². The predicted octanol–water partition coefficient (Wildman–Crippen LogP) is 2.87. The van der Waals surface area contributed by atoms with Crippen molar-refractivity contribution in [3.8, 4) is 5.75 Å². The molecule has 1 aromatic carbocycles. The summed E-state index contributed by atoms with van der Waals surface area (Å²) in [5.74, 6) is 6.68. The summed E-state index contributed by atoms with van der Waals surface area (Å²) in [4.78, 5) is 0. The Labute approximate surface area is 112 Å². The summed E-state index contributed by atoms with van der Waals surface area (Å²) in [6.07, 6.45) is 0. The van der Waals surface area contributed by atoms with E-state index in [0.717, 1.165) is 11.3 Å². The highest BCUT2D eigenvalue weighted by Crippen LogP contribution is 2.32. The quantitative estimate of drug-likeness (QED) is 0.639. The lowest BCUT2D eigenvalue weighted by molar-refractivity contribution is 0.401. The van der Waals surface area contributed by atoms with E-state index in [1.807, 2.05) is 0 Å². The van der Waals surface area contributed by atoms with Crippen LogP contribution in [0.3, 0.4) is 0 Å². The summed E-state index contributed by atoms with van der Waals surface area (Å²) >= 11 is 1.77. The number of ether oxygens (including phenoxy) is 1. The van der Waals surface area contributed by atoms with Crippen molar-refractivity contribution < 1.29 is 9.13 Å². The van der Waals surface area contributed by atoms with Crippen molar-refractivity contribution in [3.05, 3.63) is 29.6 Å². The van der Waals surface area contributed by atoms with Crippen LogP contribution in [0.4, 0.5) is 4.39 Å². The first-order chi connectivity index (χ1) is 8.37. The second-order valence-corrected chi connectivity index (χ2v) is 6.88. The van der Waals surface area contributed by atoms with Crippen LogP contribution in [0.25, 0.3) is 0 Å². The number of benzene rings is 1. The van der Waals surface area contributed by atoms with Crippen molar-refractivity contribution in [2.75, 3.05) is 12.9 Å². The fourth-order valence-corrected chi connectivity index (χ4v) is 2.48. The van der Waals surface area contributed by atoms with E-state index in [0.29, 0.717) is 5.75 Å². The average Bonchev–Trinajstić information content (AvgIpc) is 2.28. The van der Waals surface area contributed by atoms with E-state index in [4.69, 9.17) is 10.6 Å². The minimum absolute atomic E-state index is 0.135. The first-order valence-corrected chi connectivity index (χ1v) is 6.79. The van der Waals surface area contributed by atoms with Crippen LogP contribution in [0.15, 0.2) is 18.2 Å². The van der Waals surface area contributed by atoms with Crippen LogP contribution < -0.4 is 16.0 Å². The number of rotatable bonds is 5. The molecule has 0 aliphatic heterocycles. The molecule has 0 saturated heterocycles. The Kier molecular flexibility index (Phi) is 5.44. The normalized spacial score (nSPS) is 13.4. The Morgan fingerprint density at radius 2 is 2.11 bits per heavy atom. The average molecular weight is 272 g/mol. The predicted molar refractivity (Wildman–Crippen MR) is 75.2 cm³/mol. The van der Waals surface area contributed by atoms with Crippen LogP contribution in [-0.2, 0) is 0 Å². The molecule has 102 valence electrons. The van der Waals surface area contributed by atoms with Gasteiger partial charge < -0.3 is 4.74 Å². The van der Waals surface area contributed by atoms with Gasteiger partial charge in [0, 0.05) is 16.1 Å². The molecule has 0 heterocycles. The molecule has 0 spiro atoms. The Morgan fingerprint density at radius 3 is 2.61 bits per heavy atom. The van der Waals surface area contributed by atoms with Gasteiger partial charge in [0.05, 0.1) is 13.2 Å². The number of methoxy groups -OCH3 is 1. The largest absolute Gasteiger partial charge is 0.496 e. The van der Waals surface area contributed by atoms with Gasteiger partial charge in [-0.25, -0.2) is 4.39 Å². The maximum atomic E-state index is 13.3. The number of nitrogens with two attached hydrogens (primary N) is 1. The molecule has 18 heavy (non-hydrogen) atoms. The monoisotopic (exact) mass is 272 g/mol. The molecule has 1 atom stereocenters. The van der Waals surface area contributed by atoms with Gasteiger partial charge in [0.2, 0.25) is 0 Å². The molecule has 0 fully saturated rings. The van der Waals surface area contributed by atoms with Gasteiger partial charge >= 0.3 is 0 Å². The summed E-state index contributed by atoms with van der Waals surface area (Å²) in [5.41, 5.74) is 3.47. The number of hydrazine groups is 1. The van der Waals surface area contributed by atoms with Gasteiger partial charge in [-0.15, -0.1) is 0 Å². The topological polar surface area (TPSA) is 47.3 Å². The summed E-state index contributed by atoms with van der Waals surface area (Å²) in [6, 6.07) is 4.33. The molecule has 0 bridgehead atoms. The zero-order valence-electron chi connectivity index (χ0n) is 11.3. The van der Waals surface area contributed by atoms with Crippen LogP contribution in [-0.4, -0.2) is 17.6 Å². The van der Waals surface area contributed by atoms with E-state index >= 15 is 0 Å². The minimum Gasteiger partial charge on any atom is -0.496 e. The van der Waals surface area contributed by atoms with Gasteiger partial charge in [0.1, 0.15) is 11.6 Å². The first-order valence-electron chi connectivity index (χ1n) is 5.81. The molecular formula is C13H21FN2OS. The Bertz CT molecular complexity index is 393. The molecule has 0 aliphatic rings. The van der Waals surface area contributed by atoms with Crippen LogP contribution in [0.2, 0.25) is 0 Å². The summed E-state index contributed by atoms with van der Waals surface area (Å²) in [5, 5.41) is 0. The lowest BCUT2D eigenvalue weighted by atomic mass is 10.1. The lowest BCUT2D eigenvalue weighted by Crippen LogP contribution is -2.31. The van der Waals surface area contributed by atoms with Gasteiger partial charge in [0.15, 0.2) is 0 Å². The summed E-state index contributed by atoms with van der Waals surface area (Å²) < 4.78 is 18.7. The fraction of sp³-hybridized carbons (Fsp3) is 0.538. The summed E-state index contributed by atoms with van der Waals surface area (Å²) in [7, 11) is 1.57. The SMILES string of the molecule is COc1ccc(F)cc1C(CSC(C)(C)C)NN. The molecule has 0 radical (unpaired) electrons. The van der Waals surface area contributed by atoms with Crippen molar-refractivity contribution >= 4 is 11.8 Å². The number of hydrogen-bond donors (Lipinski definition) is 2. The van der Waals surface area contributed by atoms with Crippen LogP contribution >= 0.6 is 11.8 Å². The number of thioether (sulfide) groups is 1. The van der Waals surface area contributed by atoms with Crippen molar-refractivity contribution in [1.82, 2.24) is 5.43 Å². The molecule has 0 aliphatic carbocycles. The van der Waals surface area contributed by atoms with Crippen LogP contribution in [0.5, 0.6) is 5.75 Å². The van der Waals surface area contributed by atoms with Crippen molar-refractivity contribution in [2.24, 2.45) is 5.84 Å². The van der Waals surface area contributed by atoms with E-state index < -0.39 is 0 Å². The molecule has 3 nitrogen and oxygen atoms in total. The molecule has 1 aromatic rings. The van der Waals surface area contributed by atoms with Gasteiger partial charge in [-0.3, -0.25) is 11.3 Å². The van der Waals surface area contributed by atoms with Gasteiger partial charge in [-0.1, -0.05) is 20.8 Å². The molecular weight excluding hydrogens is 251 g/mol. The molecule has 0 aromatic heterocycles. The van der Waals surface area contributed by atoms with E-state index in [-0.39, 0.29) is 16.6 Å². The maximum absolute atomic E-state index is 13.3. The first kappa shape index (κ1) is 15.3. The highest BCUT2D eigenvalue weighted by molar-refractivity contribution is 8.00. The zero-order valence-corrected chi connectivity index (χ0v) is 12.1. The summed E-state index contributed by atoms with van der Waals surface area (Å²) in [6.45, 7) is 6.40. The Hall–Kier alpha value is -0.780. The fourth-order valence-electron chi connectivity index (χ4n) is 1.54. The smallest absolute Gasteiger partial charge is 0.123 e. The number of halogens is 1. The molecule has 1 unspecified atom stereocenters. The Balaban J connectivity index is 2.90. The van der Waals surface area contributed by atoms with Crippen molar-refractivity contribution in [1.29, 1.82) is 0 Å². The third-order valence-electron chi connectivity index (χ3n) is 2.45. The third kappa shape index (κ3) is 4.48. The van der Waals surface area contributed by atoms with Crippen LogP contribution in [0, 0.1) is 5.82 Å².